The highest BCUT2D eigenvalue weighted by Gasteiger charge is 2.31. The molecular formula is C8H5F5O2. The van der Waals surface area contributed by atoms with Gasteiger partial charge in [-0.15, -0.1) is 13.2 Å². The summed E-state index contributed by atoms with van der Waals surface area (Å²) in [4.78, 5) is 0. The Balaban J connectivity index is 3.04. The highest BCUT2D eigenvalue weighted by molar-refractivity contribution is 5.30. The summed E-state index contributed by atoms with van der Waals surface area (Å²) in [6, 6.07) is 0.699. The molecule has 0 bridgehead atoms. The van der Waals surface area contributed by atoms with Crippen molar-refractivity contribution in [3.63, 3.8) is 0 Å². The standard InChI is InChI=1S/C8H5F5O2/c9-6-1-4(15-8(11,12)13)2-7(10)5(6)3-14/h1-2,14H,3H2. The third-order valence-corrected chi connectivity index (χ3v) is 1.51. The summed E-state index contributed by atoms with van der Waals surface area (Å²) in [5, 5.41) is 8.48. The number of halogens is 5. The highest BCUT2D eigenvalue weighted by Crippen LogP contribution is 2.26. The average Bonchev–Trinajstić information content (AvgIpc) is 1.99. The van der Waals surface area contributed by atoms with Crippen molar-refractivity contribution < 1.29 is 31.8 Å². The van der Waals surface area contributed by atoms with E-state index in [0.29, 0.717) is 12.1 Å². The van der Waals surface area contributed by atoms with Crippen molar-refractivity contribution in [2.75, 3.05) is 0 Å². The first-order valence-electron chi connectivity index (χ1n) is 3.68. The Bertz CT molecular complexity index is 338. The molecule has 1 aromatic carbocycles. The van der Waals surface area contributed by atoms with Crippen LogP contribution in [0.25, 0.3) is 0 Å². The second-order valence-electron chi connectivity index (χ2n) is 2.57. The van der Waals surface area contributed by atoms with Crippen molar-refractivity contribution in [2.45, 2.75) is 13.0 Å². The predicted octanol–water partition coefficient (Wildman–Crippen LogP) is 2.36. The van der Waals surface area contributed by atoms with Crippen LogP contribution in [-0.2, 0) is 6.61 Å². The zero-order chi connectivity index (χ0) is 11.6. The fourth-order valence-electron chi connectivity index (χ4n) is 0.923. The van der Waals surface area contributed by atoms with Gasteiger partial charge in [0.15, 0.2) is 0 Å². The molecular weight excluding hydrogens is 223 g/mol. The number of aliphatic hydroxyl groups is 1. The number of benzene rings is 1. The molecule has 1 N–H and O–H groups in total. The molecule has 1 rings (SSSR count). The Morgan fingerprint density at radius 3 is 1.93 bits per heavy atom. The van der Waals surface area contributed by atoms with Crippen molar-refractivity contribution in [2.24, 2.45) is 0 Å². The van der Waals surface area contributed by atoms with Gasteiger partial charge in [0, 0.05) is 17.7 Å². The number of ether oxygens (including phenoxy) is 1. The van der Waals surface area contributed by atoms with Gasteiger partial charge in [0.1, 0.15) is 17.4 Å². The molecule has 0 aliphatic rings. The zero-order valence-corrected chi connectivity index (χ0v) is 7.11. The number of hydrogen-bond acceptors (Lipinski definition) is 2. The molecule has 0 aromatic heterocycles. The lowest BCUT2D eigenvalue weighted by atomic mass is 10.2. The molecule has 0 aliphatic carbocycles. The fraction of sp³-hybridized carbons (Fsp3) is 0.250. The van der Waals surface area contributed by atoms with Crippen LogP contribution in [0.15, 0.2) is 12.1 Å². The summed E-state index contributed by atoms with van der Waals surface area (Å²) in [7, 11) is 0. The van der Waals surface area contributed by atoms with Gasteiger partial charge in [-0.1, -0.05) is 0 Å². The normalized spacial score (nSPS) is 11.6. The Labute approximate surface area is 80.9 Å². The summed E-state index contributed by atoms with van der Waals surface area (Å²) in [5.74, 6) is -3.59. The highest BCUT2D eigenvalue weighted by atomic mass is 19.4. The third-order valence-electron chi connectivity index (χ3n) is 1.51. The minimum absolute atomic E-state index is 0.349. The first-order valence-corrected chi connectivity index (χ1v) is 3.68. The minimum Gasteiger partial charge on any atom is -0.406 e. The van der Waals surface area contributed by atoms with Crippen LogP contribution in [0, 0.1) is 11.6 Å². The molecule has 15 heavy (non-hydrogen) atoms. The van der Waals surface area contributed by atoms with Crippen LogP contribution < -0.4 is 4.74 Å². The van der Waals surface area contributed by atoms with Crippen molar-refractivity contribution in [3.05, 3.63) is 29.3 Å². The van der Waals surface area contributed by atoms with E-state index in [0.717, 1.165) is 0 Å². The summed E-state index contributed by atoms with van der Waals surface area (Å²) >= 11 is 0. The van der Waals surface area contributed by atoms with Gasteiger partial charge in [0.05, 0.1) is 6.61 Å². The maximum Gasteiger partial charge on any atom is 0.573 e. The van der Waals surface area contributed by atoms with Gasteiger partial charge >= 0.3 is 6.36 Å². The number of alkyl halides is 3. The van der Waals surface area contributed by atoms with E-state index < -0.39 is 35.9 Å². The molecule has 1 aromatic rings. The first-order chi connectivity index (χ1) is 6.83. The van der Waals surface area contributed by atoms with E-state index in [-0.39, 0.29) is 0 Å². The second-order valence-corrected chi connectivity index (χ2v) is 2.57. The van der Waals surface area contributed by atoms with E-state index in [4.69, 9.17) is 5.11 Å². The summed E-state index contributed by atoms with van der Waals surface area (Å²) in [5.41, 5.74) is -0.704. The van der Waals surface area contributed by atoms with E-state index in [1.165, 1.54) is 0 Å². The van der Waals surface area contributed by atoms with E-state index in [9.17, 15) is 22.0 Å². The maximum absolute atomic E-state index is 12.8. The Morgan fingerprint density at radius 1 is 1.13 bits per heavy atom. The Hall–Kier alpha value is -1.37. The van der Waals surface area contributed by atoms with Gasteiger partial charge in [-0.2, -0.15) is 0 Å². The van der Waals surface area contributed by atoms with Crippen molar-refractivity contribution in [3.8, 4) is 5.75 Å². The van der Waals surface area contributed by atoms with Crippen LogP contribution >= 0.6 is 0 Å². The van der Waals surface area contributed by atoms with E-state index in [1.807, 2.05) is 0 Å². The number of rotatable bonds is 2. The lowest BCUT2D eigenvalue weighted by molar-refractivity contribution is -0.274. The van der Waals surface area contributed by atoms with Crippen molar-refractivity contribution in [1.29, 1.82) is 0 Å². The van der Waals surface area contributed by atoms with Crippen LogP contribution in [0.3, 0.4) is 0 Å². The predicted molar refractivity (Wildman–Crippen MR) is 39.0 cm³/mol. The molecule has 0 spiro atoms. The van der Waals surface area contributed by atoms with E-state index in [1.54, 1.807) is 0 Å². The van der Waals surface area contributed by atoms with Gasteiger partial charge in [-0.3, -0.25) is 0 Å². The third kappa shape index (κ3) is 3.05. The van der Waals surface area contributed by atoms with Gasteiger partial charge in [-0.05, 0) is 0 Å². The molecule has 84 valence electrons. The fourth-order valence-corrected chi connectivity index (χ4v) is 0.923. The molecule has 0 unspecified atom stereocenters. The van der Waals surface area contributed by atoms with E-state index >= 15 is 0 Å². The van der Waals surface area contributed by atoms with Gasteiger partial charge in [0.25, 0.3) is 0 Å². The maximum atomic E-state index is 12.8. The van der Waals surface area contributed by atoms with Gasteiger partial charge < -0.3 is 9.84 Å². The van der Waals surface area contributed by atoms with Crippen LogP contribution in [0.4, 0.5) is 22.0 Å². The van der Waals surface area contributed by atoms with Crippen LogP contribution in [0.2, 0.25) is 0 Å². The molecule has 7 heteroatoms. The zero-order valence-electron chi connectivity index (χ0n) is 7.11. The van der Waals surface area contributed by atoms with Crippen LogP contribution in [0.1, 0.15) is 5.56 Å². The lowest BCUT2D eigenvalue weighted by Gasteiger charge is -2.10. The molecule has 0 radical (unpaired) electrons. The van der Waals surface area contributed by atoms with Crippen molar-refractivity contribution >= 4 is 0 Å². The molecule has 0 saturated carbocycles. The lowest BCUT2D eigenvalue weighted by Crippen LogP contribution is -2.17. The quantitative estimate of drug-likeness (QED) is 0.787. The van der Waals surface area contributed by atoms with Crippen LogP contribution in [-0.4, -0.2) is 11.5 Å². The molecule has 0 saturated heterocycles. The average molecular weight is 228 g/mol. The molecule has 2 nitrogen and oxygen atoms in total. The molecule has 0 heterocycles. The van der Waals surface area contributed by atoms with Crippen molar-refractivity contribution in [1.82, 2.24) is 0 Å². The van der Waals surface area contributed by atoms with Gasteiger partial charge in [-0.25, -0.2) is 8.78 Å². The molecule has 0 amide bonds. The summed E-state index contributed by atoms with van der Waals surface area (Å²) < 4.78 is 64.0. The number of aliphatic hydroxyl groups excluding tert-OH is 1. The largest absolute Gasteiger partial charge is 0.573 e. The smallest absolute Gasteiger partial charge is 0.406 e. The molecule has 0 atom stereocenters. The topological polar surface area (TPSA) is 29.5 Å². The Kier molecular flexibility index (Phi) is 3.13. The van der Waals surface area contributed by atoms with E-state index in [2.05, 4.69) is 4.74 Å². The van der Waals surface area contributed by atoms with Crippen LogP contribution in [0.5, 0.6) is 5.75 Å². The molecule has 0 aliphatic heterocycles. The number of hydrogen-bond donors (Lipinski definition) is 1. The minimum atomic E-state index is -5.01. The van der Waals surface area contributed by atoms with Gasteiger partial charge in [0.2, 0.25) is 0 Å². The Morgan fingerprint density at radius 2 is 1.60 bits per heavy atom. The SMILES string of the molecule is OCc1c(F)cc(OC(F)(F)F)cc1F. The second kappa shape index (κ2) is 4.01. The first kappa shape index (κ1) is 11.7. The monoisotopic (exact) mass is 228 g/mol. The summed E-state index contributed by atoms with van der Waals surface area (Å²) in [6.07, 6.45) is -5.01. The summed E-state index contributed by atoms with van der Waals surface area (Å²) in [6.45, 7) is -0.941. The molecule has 0 fully saturated rings.